The van der Waals surface area contributed by atoms with E-state index in [2.05, 4.69) is 11.9 Å². The van der Waals surface area contributed by atoms with Crippen LogP contribution in [0.25, 0.3) is 0 Å². The second-order valence-electron chi connectivity index (χ2n) is 5.95. The first kappa shape index (κ1) is 18.0. The summed E-state index contributed by atoms with van der Waals surface area (Å²) in [6.45, 7) is 3.93. The predicted molar refractivity (Wildman–Crippen MR) is 91.4 cm³/mol. The first-order valence-corrected chi connectivity index (χ1v) is 8.24. The highest BCUT2D eigenvalue weighted by atomic mass is 35.5. The van der Waals surface area contributed by atoms with Crippen molar-refractivity contribution in [2.75, 3.05) is 40.9 Å². The van der Waals surface area contributed by atoms with Crippen molar-refractivity contribution in [1.29, 1.82) is 0 Å². The van der Waals surface area contributed by atoms with Crippen LogP contribution in [0.2, 0.25) is 5.02 Å². The van der Waals surface area contributed by atoms with Crippen LogP contribution in [-0.2, 0) is 4.74 Å². The predicted octanol–water partition coefficient (Wildman–Crippen LogP) is 2.53. The smallest absolute Gasteiger partial charge is 0.257 e. The topological polar surface area (TPSA) is 42.0 Å². The van der Waals surface area contributed by atoms with E-state index >= 15 is 0 Å². The minimum Gasteiger partial charge on any atom is -0.493 e. The average Bonchev–Trinajstić information content (AvgIpc) is 2.87. The third kappa shape index (κ3) is 4.37. The fourth-order valence-corrected chi connectivity index (χ4v) is 3.13. The number of ether oxygens (including phenoxy) is 2. The van der Waals surface area contributed by atoms with Crippen LogP contribution in [0.1, 0.15) is 23.7 Å². The first-order valence-electron chi connectivity index (χ1n) is 7.87. The summed E-state index contributed by atoms with van der Waals surface area (Å²) in [6.07, 6.45) is 1.17. The maximum Gasteiger partial charge on any atom is 0.257 e. The number of carbonyl (C=O) groups excluding carboxylic acids is 1. The molecule has 23 heavy (non-hydrogen) atoms. The maximum absolute atomic E-state index is 12.8. The van der Waals surface area contributed by atoms with E-state index in [1.807, 2.05) is 14.0 Å². The Morgan fingerprint density at radius 2 is 2.22 bits per heavy atom. The van der Waals surface area contributed by atoms with Crippen LogP contribution in [-0.4, -0.2) is 68.8 Å². The lowest BCUT2D eigenvalue weighted by molar-refractivity contribution is 0.0756. The molecule has 1 saturated heterocycles. The third-order valence-electron chi connectivity index (χ3n) is 4.29. The van der Waals surface area contributed by atoms with Crippen molar-refractivity contribution in [3.63, 3.8) is 0 Å². The summed E-state index contributed by atoms with van der Waals surface area (Å²) in [7, 11) is 5.62. The van der Waals surface area contributed by atoms with E-state index in [1.54, 1.807) is 30.2 Å². The molecule has 1 amide bonds. The Kier molecular flexibility index (Phi) is 6.27. The maximum atomic E-state index is 12.8. The zero-order valence-corrected chi connectivity index (χ0v) is 15.0. The van der Waals surface area contributed by atoms with Crippen molar-refractivity contribution in [2.45, 2.75) is 25.5 Å². The average molecular weight is 341 g/mol. The van der Waals surface area contributed by atoms with Gasteiger partial charge >= 0.3 is 0 Å². The lowest BCUT2D eigenvalue weighted by Crippen LogP contribution is -2.39. The lowest BCUT2D eigenvalue weighted by atomic mass is 10.1. The van der Waals surface area contributed by atoms with E-state index in [1.165, 1.54) is 0 Å². The van der Waals surface area contributed by atoms with Crippen molar-refractivity contribution in [1.82, 2.24) is 9.80 Å². The number of methoxy groups -OCH3 is 1. The Hall–Kier alpha value is -1.30. The number of nitrogens with zero attached hydrogens (tertiary/aromatic N) is 2. The molecule has 0 N–H and O–H groups in total. The van der Waals surface area contributed by atoms with Crippen LogP contribution in [0.15, 0.2) is 18.2 Å². The van der Waals surface area contributed by atoms with Crippen LogP contribution in [0.3, 0.4) is 0 Å². The fraction of sp³-hybridized carbons (Fsp3) is 0.588. The molecule has 0 bridgehead atoms. The number of likely N-dealkylation sites (tertiary alicyclic amines) is 1. The second kappa shape index (κ2) is 7.99. The molecule has 0 unspecified atom stereocenters. The van der Waals surface area contributed by atoms with Crippen LogP contribution in [0.5, 0.6) is 5.75 Å². The van der Waals surface area contributed by atoms with Gasteiger partial charge in [0.15, 0.2) is 0 Å². The van der Waals surface area contributed by atoms with Crippen LogP contribution < -0.4 is 4.74 Å². The fourth-order valence-electron chi connectivity index (χ4n) is 2.97. The highest BCUT2D eigenvalue weighted by molar-refractivity contribution is 6.30. The Labute approximate surface area is 143 Å². The van der Waals surface area contributed by atoms with Crippen molar-refractivity contribution in [3.8, 4) is 5.75 Å². The monoisotopic (exact) mass is 340 g/mol. The van der Waals surface area contributed by atoms with Gasteiger partial charge in [0, 0.05) is 38.3 Å². The Balaban J connectivity index is 2.08. The minimum absolute atomic E-state index is 0.0561. The van der Waals surface area contributed by atoms with Crippen molar-refractivity contribution in [3.05, 3.63) is 28.8 Å². The Bertz CT molecular complexity index is 553. The molecule has 0 spiro atoms. The van der Waals surface area contributed by atoms with Crippen molar-refractivity contribution in [2.24, 2.45) is 0 Å². The van der Waals surface area contributed by atoms with Crippen molar-refractivity contribution >= 4 is 17.5 Å². The summed E-state index contributed by atoms with van der Waals surface area (Å²) >= 11 is 6.00. The summed E-state index contributed by atoms with van der Waals surface area (Å²) in [5.74, 6) is 0.478. The molecule has 1 heterocycles. The van der Waals surface area contributed by atoms with Gasteiger partial charge in [0.1, 0.15) is 5.75 Å². The summed E-state index contributed by atoms with van der Waals surface area (Å²) < 4.78 is 11.0. The molecular weight excluding hydrogens is 316 g/mol. The highest BCUT2D eigenvalue weighted by Crippen LogP contribution is 2.25. The van der Waals surface area contributed by atoms with E-state index in [-0.39, 0.29) is 12.0 Å². The summed E-state index contributed by atoms with van der Waals surface area (Å²) in [5.41, 5.74) is 0.544. The molecule has 1 aromatic rings. The van der Waals surface area contributed by atoms with E-state index in [9.17, 15) is 4.79 Å². The van der Waals surface area contributed by atoms with E-state index in [0.29, 0.717) is 35.5 Å². The van der Waals surface area contributed by atoms with Crippen LogP contribution in [0, 0.1) is 0 Å². The molecule has 128 valence electrons. The van der Waals surface area contributed by atoms with Gasteiger partial charge < -0.3 is 14.4 Å². The second-order valence-corrected chi connectivity index (χ2v) is 6.38. The summed E-state index contributed by atoms with van der Waals surface area (Å²) in [6, 6.07) is 5.43. The highest BCUT2D eigenvalue weighted by Gasteiger charge is 2.31. The number of halogens is 1. The summed E-state index contributed by atoms with van der Waals surface area (Å²) in [5, 5.41) is 0.561. The lowest BCUT2D eigenvalue weighted by Gasteiger charge is -2.26. The quantitative estimate of drug-likeness (QED) is 0.798. The zero-order chi connectivity index (χ0) is 17.0. The molecule has 6 heteroatoms. The van der Waals surface area contributed by atoms with Gasteiger partial charge in [-0.15, -0.1) is 0 Å². The number of carbonyl (C=O) groups is 1. The number of benzene rings is 1. The van der Waals surface area contributed by atoms with Gasteiger partial charge in [-0.25, -0.2) is 0 Å². The molecular formula is C17H25ClN2O3. The molecule has 1 fully saturated rings. The van der Waals surface area contributed by atoms with Gasteiger partial charge in [-0.3, -0.25) is 9.69 Å². The SMILES string of the molecule is CCOc1cc(Cl)ccc1C(=O)N(C)C[C@@H]1C[C@H](OC)CN1C. The number of likely N-dealkylation sites (N-methyl/N-ethyl adjacent to an activating group) is 2. The normalized spacial score (nSPS) is 21.4. The van der Waals surface area contributed by atoms with Gasteiger partial charge in [-0.2, -0.15) is 0 Å². The van der Waals surface area contributed by atoms with E-state index in [4.69, 9.17) is 21.1 Å². The molecule has 0 aliphatic carbocycles. The Morgan fingerprint density at radius 3 is 2.83 bits per heavy atom. The van der Waals surface area contributed by atoms with Gasteiger partial charge in [0.25, 0.3) is 5.91 Å². The molecule has 5 nitrogen and oxygen atoms in total. The summed E-state index contributed by atoms with van der Waals surface area (Å²) in [4.78, 5) is 16.7. The molecule has 2 rings (SSSR count). The standard InChI is InChI=1S/C17H25ClN2O3/c1-5-23-16-8-12(18)6-7-15(16)17(21)20(3)10-13-9-14(22-4)11-19(13)2/h6-8,13-14H,5,9-11H2,1-4H3/t13-,14-/m0/s1. The molecule has 0 aromatic heterocycles. The minimum atomic E-state index is -0.0561. The number of hydrogen-bond acceptors (Lipinski definition) is 4. The van der Waals surface area contributed by atoms with Gasteiger partial charge in [-0.1, -0.05) is 11.6 Å². The Morgan fingerprint density at radius 1 is 1.48 bits per heavy atom. The zero-order valence-electron chi connectivity index (χ0n) is 14.2. The van der Waals surface area contributed by atoms with E-state index in [0.717, 1.165) is 13.0 Å². The molecule has 0 radical (unpaired) electrons. The number of amides is 1. The van der Waals surface area contributed by atoms with Gasteiger partial charge in [-0.05, 0) is 38.6 Å². The van der Waals surface area contributed by atoms with Crippen molar-refractivity contribution < 1.29 is 14.3 Å². The van der Waals surface area contributed by atoms with Crippen LogP contribution in [0.4, 0.5) is 0 Å². The first-order chi connectivity index (χ1) is 11.0. The van der Waals surface area contributed by atoms with E-state index < -0.39 is 0 Å². The molecule has 0 saturated carbocycles. The molecule has 1 aliphatic rings. The molecule has 1 aromatic carbocycles. The molecule has 1 aliphatic heterocycles. The largest absolute Gasteiger partial charge is 0.493 e. The molecule has 2 atom stereocenters. The van der Waals surface area contributed by atoms with Gasteiger partial charge in [0.05, 0.1) is 18.3 Å². The van der Waals surface area contributed by atoms with Crippen LogP contribution >= 0.6 is 11.6 Å². The number of rotatable bonds is 6. The number of hydrogen-bond donors (Lipinski definition) is 0. The van der Waals surface area contributed by atoms with Gasteiger partial charge in [0.2, 0.25) is 0 Å². The third-order valence-corrected chi connectivity index (χ3v) is 4.52.